The second kappa shape index (κ2) is 4.66. The summed E-state index contributed by atoms with van der Waals surface area (Å²) < 4.78 is 51.9. The Morgan fingerprint density at radius 1 is 1.00 bits per heavy atom. The number of Topliss-reactive ketones (excluding diaryl/α,β-unsaturated/α-hetero) is 1. The Labute approximate surface area is 152 Å². The van der Waals surface area contributed by atoms with E-state index in [0.29, 0.717) is 14.8 Å². The molecule has 0 spiro atoms. The lowest BCUT2D eigenvalue weighted by Gasteiger charge is -2.22. The van der Waals surface area contributed by atoms with Crippen molar-refractivity contribution < 1.29 is 21.6 Å². The number of hydrogen-bond acceptors (Lipinski definition) is 6. The molecule has 1 aromatic heterocycles. The summed E-state index contributed by atoms with van der Waals surface area (Å²) in [6.07, 6.45) is 0.186. The van der Waals surface area contributed by atoms with E-state index in [4.69, 9.17) is 0 Å². The molecule has 120 valence electrons. The lowest BCUT2D eigenvalue weighted by atomic mass is 9.87. The minimum Gasteiger partial charge on any atom is -0.294 e. The smallest absolute Gasteiger partial charge is 0.281 e. The average Bonchev–Trinajstić information content (AvgIpc) is 2.81. The van der Waals surface area contributed by atoms with Crippen molar-refractivity contribution in [1.82, 2.24) is 0 Å². The maximum atomic E-state index is 12.7. The Morgan fingerprint density at radius 2 is 1.57 bits per heavy atom. The molecule has 6 nitrogen and oxygen atoms in total. The Kier molecular flexibility index (Phi) is 3.19. The van der Waals surface area contributed by atoms with Gasteiger partial charge in [-0.1, -0.05) is 0 Å². The summed E-state index contributed by atoms with van der Waals surface area (Å²) in [6.45, 7) is 0. The minimum atomic E-state index is -4.24. The third-order valence-electron chi connectivity index (χ3n) is 3.65. The first-order valence-corrected chi connectivity index (χ1v) is 11.4. The number of rotatable bonds is 1. The van der Waals surface area contributed by atoms with Crippen LogP contribution in [0.3, 0.4) is 0 Å². The summed E-state index contributed by atoms with van der Waals surface area (Å²) in [5.41, 5.74) is 1.15. The summed E-state index contributed by atoms with van der Waals surface area (Å²) in [7, 11) is -8.48. The molecule has 0 atom stereocenters. The van der Waals surface area contributed by atoms with Crippen LogP contribution in [-0.4, -0.2) is 22.6 Å². The molecular formula is C12H5Br2NO5S3. The van der Waals surface area contributed by atoms with E-state index in [1.165, 1.54) is 18.2 Å². The van der Waals surface area contributed by atoms with Gasteiger partial charge in [-0.05, 0) is 55.6 Å². The molecule has 0 amide bonds. The predicted octanol–water partition coefficient (Wildman–Crippen LogP) is 2.91. The van der Waals surface area contributed by atoms with Crippen LogP contribution in [0.5, 0.6) is 0 Å². The highest BCUT2D eigenvalue weighted by molar-refractivity contribution is 9.12. The van der Waals surface area contributed by atoms with Crippen LogP contribution < -0.4 is 3.71 Å². The fourth-order valence-corrected chi connectivity index (χ4v) is 12.0. The molecule has 0 N–H and O–H groups in total. The highest BCUT2D eigenvalue weighted by Gasteiger charge is 2.51. The van der Waals surface area contributed by atoms with Gasteiger partial charge in [-0.2, -0.15) is 20.5 Å². The van der Waals surface area contributed by atoms with Crippen molar-refractivity contribution in [3.05, 3.63) is 36.9 Å². The SMILES string of the molecule is O=C1Cc2cc(N3S(=O)(=O)c4c(Br)sc(Br)c4S3(=O)=O)ccc21. The molecule has 0 saturated heterocycles. The van der Waals surface area contributed by atoms with Gasteiger partial charge in [-0.3, -0.25) is 4.79 Å². The van der Waals surface area contributed by atoms with Gasteiger partial charge >= 0.3 is 0 Å². The third-order valence-corrected chi connectivity index (χ3v) is 11.4. The van der Waals surface area contributed by atoms with Crippen molar-refractivity contribution in [3.63, 3.8) is 0 Å². The molecule has 2 aromatic rings. The maximum Gasteiger partial charge on any atom is 0.281 e. The summed E-state index contributed by atoms with van der Waals surface area (Å²) in [6, 6.07) is 4.22. The molecule has 4 rings (SSSR count). The van der Waals surface area contributed by atoms with Crippen LogP contribution in [0.25, 0.3) is 0 Å². The molecule has 1 aliphatic heterocycles. The van der Waals surface area contributed by atoms with Gasteiger partial charge in [-0.15, -0.1) is 11.3 Å². The number of ketones is 1. The van der Waals surface area contributed by atoms with Crippen LogP contribution in [0.4, 0.5) is 5.69 Å². The number of anilines is 1. The molecule has 0 fully saturated rings. The lowest BCUT2D eigenvalue weighted by molar-refractivity contribution is 0.0968. The predicted molar refractivity (Wildman–Crippen MR) is 91.0 cm³/mol. The molecule has 23 heavy (non-hydrogen) atoms. The van der Waals surface area contributed by atoms with Crippen molar-refractivity contribution in [2.45, 2.75) is 16.2 Å². The van der Waals surface area contributed by atoms with Crippen LogP contribution in [0, 0.1) is 0 Å². The van der Waals surface area contributed by atoms with Gasteiger partial charge in [-0.25, -0.2) is 0 Å². The van der Waals surface area contributed by atoms with Gasteiger partial charge in [0, 0.05) is 12.0 Å². The lowest BCUT2D eigenvalue weighted by Crippen LogP contribution is -2.31. The Morgan fingerprint density at radius 3 is 2.04 bits per heavy atom. The largest absolute Gasteiger partial charge is 0.294 e. The highest BCUT2D eigenvalue weighted by atomic mass is 79.9. The van der Waals surface area contributed by atoms with Crippen molar-refractivity contribution in [3.8, 4) is 0 Å². The first kappa shape index (κ1) is 15.8. The Bertz CT molecular complexity index is 1060. The zero-order chi connectivity index (χ0) is 16.7. The normalized spacial score (nSPS) is 20.1. The monoisotopic (exact) mass is 497 g/mol. The van der Waals surface area contributed by atoms with E-state index in [0.717, 1.165) is 11.3 Å². The van der Waals surface area contributed by atoms with E-state index >= 15 is 0 Å². The number of halogens is 2. The Hall–Kier alpha value is -0.750. The van der Waals surface area contributed by atoms with Gasteiger partial charge in [0.2, 0.25) is 0 Å². The fourth-order valence-electron chi connectivity index (χ4n) is 2.63. The zero-order valence-electron chi connectivity index (χ0n) is 10.9. The molecule has 2 heterocycles. The zero-order valence-corrected chi connectivity index (χ0v) is 16.5. The molecule has 1 aliphatic carbocycles. The second-order valence-corrected chi connectivity index (χ2v) is 12.3. The van der Waals surface area contributed by atoms with Gasteiger partial charge < -0.3 is 0 Å². The number of nitrogens with zero attached hydrogens (tertiary/aromatic N) is 1. The van der Waals surface area contributed by atoms with Crippen LogP contribution in [-0.2, 0) is 26.5 Å². The standard InChI is InChI=1S/C12H5Br2NO5S3/c13-11-9-10(12(14)21-11)23(19,20)15(22(9,17)18)6-1-2-7-5(3-6)4-8(7)16/h1-3H,4H2. The van der Waals surface area contributed by atoms with Crippen molar-refractivity contribution in [1.29, 1.82) is 0 Å². The molecular weight excluding hydrogens is 494 g/mol. The summed E-state index contributed by atoms with van der Waals surface area (Å²) in [4.78, 5) is 10.9. The van der Waals surface area contributed by atoms with Crippen LogP contribution in [0.15, 0.2) is 35.6 Å². The maximum absolute atomic E-state index is 12.7. The van der Waals surface area contributed by atoms with Gasteiger partial charge in [0.1, 0.15) is 9.79 Å². The number of thiophene rings is 1. The number of carbonyl (C=O) groups excluding carboxylic acids is 1. The van der Waals surface area contributed by atoms with Crippen LogP contribution in [0.1, 0.15) is 15.9 Å². The molecule has 1 aromatic carbocycles. The number of benzene rings is 1. The Balaban J connectivity index is 1.99. The first-order valence-electron chi connectivity index (χ1n) is 6.10. The van der Waals surface area contributed by atoms with Gasteiger partial charge in [0.05, 0.1) is 13.3 Å². The van der Waals surface area contributed by atoms with Crippen molar-refractivity contribution in [2.75, 3.05) is 3.71 Å². The molecule has 2 aliphatic rings. The van der Waals surface area contributed by atoms with E-state index in [9.17, 15) is 21.6 Å². The van der Waals surface area contributed by atoms with E-state index < -0.39 is 20.0 Å². The van der Waals surface area contributed by atoms with Crippen molar-refractivity contribution >= 4 is 74.7 Å². The highest BCUT2D eigenvalue weighted by Crippen LogP contribution is 2.51. The average molecular weight is 499 g/mol. The number of hydrogen-bond donors (Lipinski definition) is 0. The molecule has 0 radical (unpaired) electrons. The topological polar surface area (TPSA) is 88.6 Å². The van der Waals surface area contributed by atoms with E-state index in [2.05, 4.69) is 31.9 Å². The first-order chi connectivity index (χ1) is 10.7. The summed E-state index contributed by atoms with van der Waals surface area (Å²) in [5, 5.41) is 0. The second-order valence-electron chi connectivity index (χ2n) is 4.96. The summed E-state index contributed by atoms with van der Waals surface area (Å²) >= 11 is 7.22. The quantitative estimate of drug-likeness (QED) is 0.603. The van der Waals surface area contributed by atoms with Gasteiger partial charge in [0.15, 0.2) is 5.78 Å². The molecule has 0 saturated carbocycles. The number of carbonyl (C=O) groups is 1. The third kappa shape index (κ3) is 1.91. The van der Waals surface area contributed by atoms with E-state index in [1.807, 2.05) is 0 Å². The molecule has 11 heteroatoms. The van der Waals surface area contributed by atoms with Crippen molar-refractivity contribution in [2.24, 2.45) is 0 Å². The summed E-state index contributed by atoms with van der Waals surface area (Å²) in [5.74, 6) is -0.0390. The van der Waals surface area contributed by atoms with E-state index in [1.54, 1.807) is 0 Å². The number of fused-ring (bicyclic) bond motifs is 2. The fraction of sp³-hybridized carbons (Fsp3) is 0.0833. The van der Waals surface area contributed by atoms with Gasteiger partial charge in [0.25, 0.3) is 20.0 Å². The number of sulfonamides is 2. The molecule has 0 bridgehead atoms. The van der Waals surface area contributed by atoms with Crippen LogP contribution >= 0.6 is 43.2 Å². The van der Waals surface area contributed by atoms with Crippen LogP contribution in [0.2, 0.25) is 0 Å². The minimum absolute atomic E-state index is 0.0104. The van der Waals surface area contributed by atoms with E-state index in [-0.39, 0.29) is 35.3 Å². The molecule has 0 unspecified atom stereocenters.